The van der Waals surface area contributed by atoms with Gasteiger partial charge in [0.1, 0.15) is 5.01 Å². The minimum absolute atomic E-state index is 0.0130. The summed E-state index contributed by atoms with van der Waals surface area (Å²) in [7, 11) is 1.94. The monoisotopic (exact) mass is 353 g/mol. The Morgan fingerprint density at radius 1 is 1.16 bits per heavy atom. The van der Waals surface area contributed by atoms with Crippen molar-refractivity contribution in [1.29, 1.82) is 0 Å². The molecule has 0 aliphatic carbocycles. The first-order valence-corrected chi connectivity index (χ1v) is 9.25. The van der Waals surface area contributed by atoms with E-state index in [1.54, 1.807) is 11.3 Å². The number of nitrogens with one attached hydrogen (secondary N) is 1. The van der Waals surface area contributed by atoms with E-state index in [9.17, 15) is 4.79 Å². The van der Waals surface area contributed by atoms with Crippen LogP contribution in [0.15, 0.2) is 48.5 Å². The first-order chi connectivity index (χ1) is 12.0. The summed E-state index contributed by atoms with van der Waals surface area (Å²) in [6.45, 7) is 5.32. The van der Waals surface area contributed by atoms with Crippen LogP contribution in [0.4, 0.5) is 5.69 Å². The van der Waals surface area contributed by atoms with Crippen molar-refractivity contribution >= 4 is 33.1 Å². The number of likely N-dealkylation sites (N-methyl/N-ethyl adjacent to an activating group) is 1. The average molecular weight is 353 g/mol. The zero-order valence-electron chi connectivity index (χ0n) is 14.8. The summed E-state index contributed by atoms with van der Waals surface area (Å²) in [4.78, 5) is 18.8. The topological polar surface area (TPSA) is 45.2 Å². The number of carbonyl (C=O) groups excluding carboxylic acids is 1. The number of anilines is 1. The van der Waals surface area contributed by atoms with Crippen LogP contribution in [-0.2, 0) is 11.3 Å². The number of carbonyl (C=O) groups is 1. The molecule has 1 amide bonds. The lowest BCUT2D eigenvalue weighted by Gasteiger charge is -2.15. The highest BCUT2D eigenvalue weighted by Gasteiger charge is 2.11. The Bertz CT molecular complexity index is 822. The number of aromatic nitrogens is 1. The average Bonchev–Trinajstić information content (AvgIpc) is 2.97. The van der Waals surface area contributed by atoms with Gasteiger partial charge in [-0.15, -0.1) is 11.3 Å². The van der Waals surface area contributed by atoms with Crippen LogP contribution in [0.3, 0.4) is 0 Å². The number of hydrogen-bond donors (Lipinski definition) is 1. The molecule has 0 saturated carbocycles. The Morgan fingerprint density at radius 3 is 2.56 bits per heavy atom. The van der Waals surface area contributed by atoms with Crippen molar-refractivity contribution in [1.82, 2.24) is 9.88 Å². The highest BCUT2D eigenvalue weighted by Crippen LogP contribution is 2.22. The third kappa shape index (κ3) is 4.65. The van der Waals surface area contributed by atoms with Gasteiger partial charge >= 0.3 is 0 Å². The molecule has 3 rings (SSSR count). The number of hydrogen-bond acceptors (Lipinski definition) is 4. The number of amides is 1. The number of fused-ring (bicyclic) bond motifs is 1. The van der Waals surface area contributed by atoms with Crippen molar-refractivity contribution in [2.24, 2.45) is 0 Å². The van der Waals surface area contributed by atoms with Crippen LogP contribution in [0.5, 0.6) is 0 Å². The van der Waals surface area contributed by atoms with Gasteiger partial charge in [-0.1, -0.05) is 38.1 Å². The number of thiazole rings is 1. The molecule has 0 saturated heterocycles. The van der Waals surface area contributed by atoms with Crippen molar-refractivity contribution < 1.29 is 4.79 Å². The van der Waals surface area contributed by atoms with Crippen molar-refractivity contribution in [2.45, 2.75) is 26.3 Å². The molecule has 0 bridgehead atoms. The van der Waals surface area contributed by atoms with Crippen molar-refractivity contribution in [3.8, 4) is 0 Å². The maximum absolute atomic E-state index is 12.2. The summed E-state index contributed by atoms with van der Waals surface area (Å²) >= 11 is 1.68. The van der Waals surface area contributed by atoms with Gasteiger partial charge in [0.25, 0.3) is 0 Å². The zero-order chi connectivity index (χ0) is 17.8. The van der Waals surface area contributed by atoms with Gasteiger partial charge in [0.05, 0.1) is 23.3 Å². The van der Waals surface area contributed by atoms with Crippen molar-refractivity contribution in [3.05, 3.63) is 59.1 Å². The van der Waals surface area contributed by atoms with Crippen molar-refractivity contribution in [2.75, 3.05) is 18.9 Å². The minimum atomic E-state index is -0.0130. The summed E-state index contributed by atoms with van der Waals surface area (Å²) < 4.78 is 1.18. The first-order valence-electron chi connectivity index (χ1n) is 8.44. The van der Waals surface area contributed by atoms with E-state index in [0.717, 1.165) is 16.2 Å². The first kappa shape index (κ1) is 17.6. The second kappa shape index (κ2) is 7.76. The number of rotatable bonds is 6. The summed E-state index contributed by atoms with van der Waals surface area (Å²) in [6, 6.07) is 16.1. The van der Waals surface area contributed by atoms with Gasteiger partial charge in [0, 0.05) is 5.69 Å². The molecular weight excluding hydrogens is 330 g/mol. The Morgan fingerprint density at radius 2 is 1.88 bits per heavy atom. The molecule has 0 fully saturated rings. The Labute approximate surface area is 152 Å². The molecule has 4 nitrogen and oxygen atoms in total. The van der Waals surface area contributed by atoms with E-state index in [-0.39, 0.29) is 5.91 Å². The highest BCUT2D eigenvalue weighted by atomic mass is 32.1. The molecule has 25 heavy (non-hydrogen) atoms. The molecule has 0 unspecified atom stereocenters. The molecule has 0 aliphatic rings. The molecule has 0 atom stereocenters. The molecule has 1 N–H and O–H groups in total. The fourth-order valence-corrected chi connectivity index (χ4v) is 3.72. The van der Waals surface area contributed by atoms with Gasteiger partial charge in [-0.25, -0.2) is 4.98 Å². The van der Waals surface area contributed by atoms with Crippen LogP contribution >= 0.6 is 11.3 Å². The number of benzene rings is 2. The van der Waals surface area contributed by atoms with Crippen LogP contribution in [0.2, 0.25) is 0 Å². The van der Waals surface area contributed by atoms with E-state index in [2.05, 4.69) is 42.3 Å². The van der Waals surface area contributed by atoms with Crippen LogP contribution in [-0.4, -0.2) is 29.4 Å². The second-order valence-electron chi connectivity index (χ2n) is 6.57. The van der Waals surface area contributed by atoms with Gasteiger partial charge in [-0.3, -0.25) is 9.69 Å². The van der Waals surface area contributed by atoms with E-state index in [1.807, 2.05) is 42.3 Å². The summed E-state index contributed by atoms with van der Waals surface area (Å²) in [5, 5.41) is 3.98. The summed E-state index contributed by atoms with van der Waals surface area (Å²) in [5.74, 6) is 0.477. The molecule has 5 heteroatoms. The fourth-order valence-electron chi connectivity index (χ4n) is 2.67. The lowest BCUT2D eigenvalue weighted by atomic mass is 10.0. The van der Waals surface area contributed by atoms with E-state index < -0.39 is 0 Å². The van der Waals surface area contributed by atoms with Gasteiger partial charge < -0.3 is 5.32 Å². The Balaban J connectivity index is 1.54. The minimum Gasteiger partial charge on any atom is -0.325 e. The van der Waals surface area contributed by atoms with Gasteiger partial charge in [-0.2, -0.15) is 0 Å². The number of nitrogens with zero attached hydrogens (tertiary/aromatic N) is 2. The van der Waals surface area contributed by atoms with Crippen LogP contribution in [0.25, 0.3) is 10.2 Å². The maximum atomic E-state index is 12.2. The maximum Gasteiger partial charge on any atom is 0.238 e. The van der Waals surface area contributed by atoms with E-state index in [1.165, 1.54) is 10.3 Å². The summed E-state index contributed by atoms with van der Waals surface area (Å²) in [6.07, 6.45) is 0. The molecule has 1 aromatic heterocycles. The predicted molar refractivity (Wildman–Crippen MR) is 105 cm³/mol. The fraction of sp³-hybridized carbons (Fsp3) is 0.300. The van der Waals surface area contributed by atoms with Gasteiger partial charge in [0.15, 0.2) is 0 Å². The summed E-state index contributed by atoms with van der Waals surface area (Å²) in [5.41, 5.74) is 3.12. The van der Waals surface area contributed by atoms with Crippen LogP contribution < -0.4 is 5.32 Å². The molecule has 1 heterocycles. The Kier molecular flexibility index (Phi) is 5.46. The molecular formula is C20H23N3OS. The third-order valence-corrected chi connectivity index (χ3v) is 5.04. The second-order valence-corrected chi connectivity index (χ2v) is 7.69. The SMILES string of the molecule is CC(C)c1ccc(NC(=O)CN(C)Cc2nc3ccccc3s2)cc1. The van der Waals surface area contributed by atoms with Crippen molar-refractivity contribution in [3.63, 3.8) is 0 Å². The number of para-hydroxylation sites is 1. The third-order valence-electron chi connectivity index (χ3n) is 4.02. The van der Waals surface area contributed by atoms with Gasteiger partial charge in [-0.05, 0) is 42.8 Å². The molecule has 3 aromatic rings. The van der Waals surface area contributed by atoms with E-state index >= 15 is 0 Å². The van der Waals surface area contributed by atoms with E-state index in [4.69, 9.17) is 0 Å². The molecule has 0 radical (unpaired) electrons. The normalized spacial score (nSPS) is 11.4. The molecule has 130 valence electrons. The van der Waals surface area contributed by atoms with Crippen LogP contribution in [0.1, 0.15) is 30.3 Å². The smallest absolute Gasteiger partial charge is 0.238 e. The largest absolute Gasteiger partial charge is 0.325 e. The molecule has 0 spiro atoms. The van der Waals surface area contributed by atoms with Gasteiger partial charge in [0.2, 0.25) is 5.91 Å². The highest BCUT2D eigenvalue weighted by molar-refractivity contribution is 7.18. The lowest BCUT2D eigenvalue weighted by molar-refractivity contribution is -0.117. The standard InChI is InChI=1S/C20H23N3OS/c1-14(2)15-8-10-16(11-9-15)21-19(24)12-23(3)13-20-22-17-6-4-5-7-18(17)25-20/h4-11,14H,12-13H2,1-3H3,(H,21,24). The molecule has 2 aromatic carbocycles. The predicted octanol–water partition coefficient (Wildman–Crippen LogP) is 4.49. The zero-order valence-corrected chi connectivity index (χ0v) is 15.6. The Hall–Kier alpha value is -2.24. The molecule has 0 aliphatic heterocycles. The van der Waals surface area contributed by atoms with E-state index in [0.29, 0.717) is 19.0 Å². The van der Waals surface area contributed by atoms with Crippen LogP contribution in [0, 0.1) is 0 Å². The quantitative estimate of drug-likeness (QED) is 0.710. The lowest BCUT2D eigenvalue weighted by Crippen LogP contribution is -2.29.